The van der Waals surface area contributed by atoms with Gasteiger partial charge in [-0.05, 0) is 0 Å². The van der Waals surface area contributed by atoms with Gasteiger partial charge in [0.05, 0.1) is 12.5 Å². The van der Waals surface area contributed by atoms with Gasteiger partial charge in [0.15, 0.2) is 0 Å². The van der Waals surface area contributed by atoms with E-state index in [1.807, 2.05) is 0 Å². The van der Waals surface area contributed by atoms with E-state index in [0.717, 1.165) is 12.5 Å². The summed E-state index contributed by atoms with van der Waals surface area (Å²) in [7, 11) is -3.63. The normalized spacial score (nSPS) is 11.3. The van der Waals surface area contributed by atoms with Gasteiger partial charge in [-0.1, -0.05) is 0 Å². The van der Waals surface area contributed by atoms with Crippen LogP contribution < -0.4 is 11.0 Å². The Bertz CT molecular complexity index is 509. The van der Waals surface area contributed by atoms with Crippen LogP contribution in [0.5, 0.6) is 0 Å². The molecule has 0 radical (unpaired) electrons. The maximum atomic E-state index is 11.0. The Morgan fingerprint density at radius 1 is 1.57 bits per heavy atom. The zero-order chi connectivity index (χ0) is 10.9. The summed E-state index contributed by atoms with van der Waals surface area (Å²) in [6, 6.07) is 0. The Hall–Kier alpha value is -1.57. The Balaban J connectivity index is 3.19. The molecule has 0 unspecified atom stereocenters. The van der Waals surface area contributed by atoms with Gasteiger partial charge in [0.1, 0.15) is 5.82 Å². The van der Waals surface area contributed by atoms with Crippen LogP contribution in [0.1, 0.15) is 6.92 Å². The Kier molecular flexibility index (Phi) is 2.47. The third-order valence-corrected chi connectivity index (χ3v) is 2.34. The molecule has 0 saturated heterocycles. The van der Waals surface area contributed by atoms with Gasteiger partial charge in [0, 0.05) is 6.92 Å². The van der Waals surface area contributed by atoms with E-state index in [1.165, 1.54) is 6.92 Å². The highest BCUT2D eigenvalue weighted by Crippen LogP contribution is 2.00. The molecule has 0 fully saturated rings. The van der Waals surface area contributed by atoms with E-state index in [4.69, 9.17) is 0 Å². The fraction of sp³-hybridized carbons (Fsp3) is 0.333. The number of H-pyrrole nitrogens is 1. The second-order valence-corrected chi connectivity index (χ2v) is 4.57. The van der Waals surface area contributed by atoms with E-state index in [1.54, 1.807) is 0 Å². The summed E-state index contributed by atoms with van der Waals surface area (Å²) in [5.41, 5.74) is -0.809. The lowest BCUT2D eigenvalue weighted by molar-refractivity contribution is -0.114. The topological polar surface area (TPSA) is 101 Å². The molecule has 78 valence electrons. The van der Waals surface area contributed by atoms with Crippen molar-refractivity contribution in [2.45, 2.75) is 6.92 Å². The number of imidazole rings is 1. The third-order valence-electron chi connectivity index (χ3n) is 1.36. The van der Waals surface area contributed by atoms with Gasteiger partial charge in [0.25, 0.3) is 0 Å². The number of amides is 1. The lowest BCUT2D eigenvalue weighted by atomic mass is 10.6. The van der Waals surface area contributed by atoms with Gasteiger partial charge in [-0.25, -0.2) is 13.2 Å². The van der Waals surface area contributed by atoms with Gasteiger partial charge < -0.3 is 5.32 Å². The Morgan fingerprint density at radius 3 is 2.50 bits per heavy atom. The number of hydrogen-bond acceptors (Lipinski definition) is 4. The summed E-state index contributed by atoms with van der Waals surface area (Å²) in [6.07, 6.45) is 1.90. The largest absolute Gasteiger partial charge is 0.340 e. The van der Waals surface area contributed by atoms with Crippen molar-refractivity contribution in [3.05, 3.63) is 16.7 Å². The van der Waals surface area contributed by atoms with E-state index in [-0.39, 0.29) is 5.82 Å². The second-order valence-electron chi connectivity index (χ2n) is 2.71. The maximum absolute atomic E-state index is 11.0. The molecule has 8 heteroatoms. The number of carbonyl (C=O) groups is 1. The first kappa shape index (κ1) is 10.5. The van der Waals surface area contributed by atoms with Crippen LogP contribution in [0.3, 0.4) is 0 Å². The van der Waals surface area contributed by atoms with E-state index in [9.17, 15) is 18.0 Å². The molecular formula is C6H9N3O4S. The molecule has 1 aromatic heterocycles. The van der Waals surface area contributed by atoms with Crippen LogP contribution >= 0.6 is 0 Å². The second kappa shape index (κ2) is 3.29. The third kappa shape index (κ3) is 2.22. The summed E-state index contributed by atoms with van der Waals surface area (Å²) in [6.45, 7) is 1.25. The SMILES string of the molecule is CC(=O)Nc1cn(S(C)(=O)=O)c(=O)[nH]1. The average Bonchev–Trinajstić information content (AvgIpc) is 2.27. The highest BCUT2D eigenvalue weighted by Gasteiger charge is 2.11. The van der Waals surface area contributed by atoms with Gasteiger partial charge in [-0.15, -0.1) is 0 Å². The van der Waals surface area contributed by atoms with Crippen molar-refractivity contribution in [1.82, 2.24) is 8.96 Å². The number of nitrogens with one attached hydrogen (secondary N) is 2. The van der Waals surface area contributed by atoms with Gasteiger partial charge >= 0.3 is 5.69 Å². The highest BCUT2D eigenvalue weighted by atomic mass is 32.2. The van der Waals surface area contributed by atoms with E-state index in [0.29, 0.717) is 3.97 Å². The molecule has 1 rings (SSSR count). The Labute approximate surface area is 79.8 Å². The van der Waals surface area contributed by atoms with E-state index >= 15 is 0 Å². The highest BCUT2D eigenvalue weighted by molar-refractivity contribution is 7.89. The molecule has 7 nitrogen and oxygen atoms in total. The number of anilines is 1. The van der Waals surface area contributed by atoms with Crippen LogP contribution in [0.15, 0.2) is 11.0 Å². The minimum Gasteiger partial charge on any atom is -0.311 e. The fourth-order valence-corrected chi connectivity index (χ4v) is 1.52. The zero-order valence-electron chi connectivity index (χ0n) is 7.57. The molecule has 0 aliphatic heterocycles. The zero-order valence-corrected chi connectivity index (χ0v) is 8.38. The molecular weight excluding hydrogens is 210 g/mol. The first-order valence-electron chi connectivity index (χ1n) is 3.60. The van der Waals surface area contributed by atoms with Crippen LogP contribution in [-0.2, 0) is 14.8 Å². The molecule has 0 spiro atoms. The molecule has 0 bridgehead atoms. The van der Waals surface area contributed by atoms with Gasteiger partial charge in [-0.3, -0.25) is 9.78 Å². The number of carbonyl (C=O) groups excluding carboxylic acids is 1. The van der Waals surface area contributed by atoms with Gasteiger partial charge in [-0.2, -0.15) is 3.97 Å². The van der Waals surface area contributed by atoms with E-state index in [2.05, 4.69) is 10.3 Å². The lowest BCUT2D eigenvalue weighted by Gasteiger charge is -1.95. The molecule has 0 atom stereocenters. The van der Waals surface area contributed by atoms with Crippen molar-refractivity contribution in [1.29, 1.82) is 0 Å². The summed E-state index contributed by atoms with van der Waals surface area (Å²) < 4.78 is 22.5. The molecule has 0 saturated carbocycles. The first-order chi connectivity index (χ1) is 6.30. The molecule has 14 heavy (non-hydrogen) atoms. The Morgan fingerprint density at radius 2 is 2.14 bits per heavy atom. The first-order valence-corrected chi connectivity index (χ1v) is 5.45. The molecule has 1 heterocycles. The molecule has 1 amide bonds. The quantitative estimate of drug-likeness (QED) is 0.662. The average molecular weight is 219 g/mol. The number of aromatic nitrogens is 2. The van der Waals surface area contributed by atoms with Crippen LogP contribution in [0, 0.1) is 0 Å². The van der Waals surface area contributed by atoms with Crippen LogP contribution in [0.2, 0.25) is 0 Å². The molecule has 0 aromatic carbocycles. The predicted molar refractivity (Wildman–Crippen MR) is 49.6 cm³/mol. The molecule has 0 aliphatic rings. The summed E-state index contributed by atoms with van der Waals surface area (Å²) in [4.78, 5) is 23.8. The van der Waals surface area contributed by atoms with Crippen molar-refractivity contribution in [3.8, 4) is 0 Å². The number of hydrogen-bond donors (Lipinski definition) is 2. The fourth-order valence-electron chi connectivity index (χ4n) is 0.878. The van der Waals surface area contributed by atoms with E-state index < -0.39 is 21.6 Å². The van der Waals surface area contributed by atoms with Crippen LogP contribution in [0.4, 0.5) is 5.82 Å². The number of nitrogens with zero attached hydrogens (tertiary/aromatic N) is 1. The lowest BCUT2D eigenvalue weighted by Crippen LogP contribution is -2.22. The van der Waals surface area contributed by atoms with Crippen molar-refractivity contribution < 1.29 is 13.2 Å². The number of aromatic amines is 1. The predicted octanol–water partition coefficient (Wildman–Crippen LogP) is -1.06. The van der Waals surface area contributed by atoms with Crippen molar-refractivity contribution >= 4 is 21.7 Å². The minimum atomic E-state index is -3.63. The summed E-state index contributed by atoms with van der Waals surface area (Å²) in [5, 5.41) is 2.26. The number of rotatable bonds is 2. The minimum absolute atomic E-state index is 0.0490. The molecule has 1 aromatic rings. The standard InChI is InChI=1S/C6H9N3O4S/c1-4(10)7-5-3-9(6(11)8-5)14(2,12)13/h3H,1-2H3,(H,7,10)(H,8,11). The van der Waals surface area contributed by atoms with Crippen molar-refractivity contribution in [3.63, 3.8) is 0 Å². The smallest absolute Gasteiger partial charge is 0.311 e. The monoisotopic (exact) mass is 219 g/mol. The van der Waals surface area contributed by atoms with Crippen LogP contribution in [-0.4, -0.2) is 29.5 Å². The van der Waals surface area contributed by atoms with Gasteiger partial charge in [0.2, 0.25) is 15.9 Å². The summed E-state index contributed by atoms with van der Waals surface area (Å²) >= 11 is 0. The van der Waals surface area contributed by atoms with Crippen LogP contribution in [0.25, 0.3) is 0 Å². The van der Waals surface area contributed by atoms with Crippen molar-refractivity contribution in [2.75, 3.05) is 11.6 Å². The van der Waals surface area contributed by atoms with Crippen molar-refractivity contribution in [2.24, 2.45) is 0 Å². The molecule has 2 N–H and O–H groups in total. The molecule has 0 aliphatic carbocycles. The summed E-state index contributed by atoms with van der Waals surface area (Å²) in [5.74, 6) is -0.347. The maximum Gasteiger partial charge on any atom is 0.340 e.